The molecule has 1 aromatic carbocycles. The van der Waals surface area contributed by atoms with Crippen LogP contribution in [0.2, 0.25) is 0 Å². The van der Waals surface area contributed by atoms with Gasteiger partial charge in [-0.15, -0.1) is 0 Å². The van der Waals surface area contributed by atoms with Gasteiger partial charge in [0.1, 0.15) is 11.3 Å². The lowest BCUT2D eigenvalue weighted by Crippen LogP contribution is -2.04. The quantitative estimate of drug-likeness (QED) is 0.531. The van der Waals surface area contributed by atoms with Crippen molar-refractivity contribution in [2.75, 3.05) is 0 Å². The van der Waals surface area contributed by atoms with E-state index in [2.05, 4.69) is 16.0 Å². The highest BCUT2D eigenvalue weighted by atomic mass is 16.1. The topological polar surface area (TPSA) is 63.1 Å². The van der Waals surface area contributed by atoms with Gasteiger partial charge in [0.05, 0.1) is 5.69 Å². The summed E-state index contributed by atoms with van der Waals surface area (Å²) in [4.78, 5) is 23.6. The number of pyridine rings is 3. The van der Waals surface area contributed by atoms with E-state index < -0.39 is 0 Å². The maximum Gasteiger partial charge on any atom is 0.249 e. The van der Waals surface area contributed by atoms with Gasteiger partial charge in [0.15, 0.2) is 0 Å². The van der Waals surface area contributed by atoms with Gasteiger partial charge in [-0.25, -0.2) is 9.97 Å². The maximum atomic E-state index is 11.7. The highest BCUT2D eigenvalue weighted by Crippen LogP contribution is 2.32. The van der Waals surface area contributed by atoms with Gasteiger partial charge in [-0.2, -0.15) is 0 Å². The molecule has 0 radical (unpaired) electrons. The van der Waals surface area contributed by atoms with Crippen LogP contribution in [0.15, 0.2) is 84.0 Å². The summed E-state index contributed by atoms with van der Waals surface area (Å²) in [5.41, 5.74) is 5.20. The average Bonchev–Trinajstić information content (AvgIpc) is 3.15. The van der Waals surface area contributed by atoms with Gasteiger partial charge in [-0.1, -0.05) is 30.3 Å². The molecule has 5 heteroatoms. The minimum absolute atomic E-state index is 0.156. The number of aromatic amines is 1. The summed E-state index contributed by atoms with van der Waals surface area (Å²) in [6.07, 6.45) is 5.75. The first-order valence-corrected chi connectivity index (χ1v) is 8.30. The van der Waals surface area contributed by atoms with Crippen molar-refractivity contribution >= 4 is 16.7 Å². The first-order valence-electron chi connectivity index (χ1n) is 8.30. The summed E-state index contributed by atoms with van der Waals surface area (Å²) in [6.45, 7) is 0. The number of hydrogen-bond acceptors (Lipinski definition) is 3. The van der Waals surface area contributed by atoms with E-state index in [0.717, 1.165) is 33.4 Å². The zero-order valence-corrected chi connectivity index (χ0v) is 13.8. The molecule has 124 valence electrons. The van der Waals surface area contributed by atoms with Crippen LogP contribution in [0.1, 0.15) is 0 Å². The molecule has 0 aliphatic rings. The maximum absolute atomic E-state index is 11.7. The number of rotatable bonds is 2. The van der Waals surface area contributed by atoms with Gasteiger partial charge in [-0.3, -0.25) is 4.79 Å². The molecule has 5 nitrogen and oxygen atoms in total. The molecule has 0 unspecified atom stereocenters. The van der Waals surface area contributed by atoms with Gasteiger partial charge < -0.3 is 9.38 Å². The fraction of sp³-hybridized carbons (Fsp3) is 0. The third-order valence-electron chi connectivity index (χ3n) is 4.45. The fourth-order valence-corrected chi connectivity index (χ4v) is 3.20. The third kappa shape index (κ3) is 2.38. The Morgan fingerprint density at radius 2 is 1.81 bits per heavy atom. The zero-order valence-electron chi connectivity index (χ0n) is 13.8. The van der Waals surface area contributed by atoms with E-state index in [0.29, 0.717) is 5.65 Å². The monoisotopic (exact) mass is 338 g/mol. The van der Waals surface area contributed by atoms with Crippen molar-refractivity contribution in [1.29, 1.82) is 0 Å². The van der Waals surface area contributed by atoms with Gasteiger partial charge in [0.25, 0.3) is 0 Å². The average molecular weight is 338 g/mol. The van der Waals surface area contributed by atoms with Crippen molar-refractivity contribution in [2.24, 2.45) is 0 Å². The van der Waals surface area contributed by atoms with Crippen molar-refractivity contribution < 1.29 is 0 Å². The molecule has 5 aromatic rings. The second-order valence-corrected chi connectivity index (χ2v) is 6.12. The molecule has 4 heterocycles. The van der Waals surface area contributed by atoms with Crippen molar-refractivity contribution in [3.05, 3.63) is 89.6 Å². The Bertz CT molecular complexity index is 1300. The van der Waals surface area contributed by atoms with Gasteiger partial charge in [-0.05, 0) is 24.3 Å². The van der Waals surface area contributed by atoms with Crippen LogP contribution in [0.5, 0.6) is 0 Å². The van der Waals surface area contributed by atoms with Crippen molar-refractivity contribution in [3.8, 4) is 22.4 Å². The second kappa shape index (κ2) is 5.67. The van der Waals surface area contributed by atoms with Crippen LogP contribution in [-0.4, -0.2) is 19.4 Å². The molecule has 0 atom stereocenters. The molecule has 0 bridgehead atoms. The highest BCUT2D eigenvalue weighted by molar-refractivity contribution is 5.90. The van der Waals surface area contributed by atoms with Crippen molar-refractivity contribution in [3.63, 3.8) is 0 Å². The molecular weight excluding hydrogens is 324 g/mol. The molecular formula is C21H14N4O. The molecule has 0 saturated carbocycles. The lowest BCUT2D eigenvalue weighted by atomic mass is 9.99. The number of nitrogens with zero attached hydrogens (tertiary/aromatic N) is 3. The molecule has 0 aliphatic heterocycles. The van der Waals surface area contributed by atoms with Crippen LogP contribution in [0.3, 0.4) is 0 Å². The third-order valence-corrected chi connectivity index (χ3v) is 4.45. The van der Waals surface area contributed by atoms with Crippen molar-refractivity contribution in [1.82, 2.24) is 19.4 Å². The molecule has 0 saturated heterocycles. The molecule has 0 aliphatic carbocycles. The molecule has 26 heavy (non-hydrogen) atoms. The van der Waals surface area contributed by atoms with E-state index in [1.165, 1.54) is 6.07 Å². The zero-order chi connectivity index (χ0) is 17.5. The molecule has 5 rings (SSSR count). The summed E-state index contributed by atoms with van der Waals surface area (Å²) >= 11 is 0. The fourth-order valence-electron chi connectivity index (χ4n) is 3.20. The van der Waals surface area contributed by atoms with E-state index in [4.69, 9.17) is 4.98 Å². The standard InChI is InChI=1S/C21H14N4O/c26-19-9-7-15-12-17(16-6-8-18-22-10-11-25(18)13-16)20(24-21(15)23-19)14-4-2-1-3-5-14/h1-13H,(H,23,24,26). The molecule has 1 N–H and O–H groups in total. The SMILES string of the molecule is O=c1ccc2cc(-c3ccc4nccn4c3)c(-c3ccccc3)nc2[nH]1. The number of H-pyrrole nitrogens is 1. The van der Waals surface area contributed by atoms with E-state index in [9.17, 15) is 4.79 Å². The summed E-state index contributed by atoms with van der Waals surface area (Å²) in [5.74, 6) is 0. The largest absolute Gasteiger partial charge is 0.307 e. The first kappa shape index (κ1) is 14.6. The van der Waals surface area contributed by atoms with Gasteiger partial charge in [0, 0.05) is 46.7 Å². The minimum Gasteiger partial charge on any atom is -0.307 e. The van der Waals surface area contributed by atoms with Crippen LogP contribution in [0.4, 0.5) is 0 Å². The van der Waals surface area contributed by atoms with Crippen LogP contribution in [-0.2, 0) is 0 Å². The normalized spacial score (nSPS) is 11.2. The van der Waals surface area contributed by atoms with E-state index in [1.807, 2.05) is 59.3 Å². The number of benzene rings is 1. The number of nitrogens with one attached hydrogen (secondary N) is 1. The summed E-state index contributed by atoms with van der Waals surface area (Å²) in [7, 11) is 0. The van der Waals surface area contributed by atoms with E-state index in [1.54, 1.807) is 12.3 Å². The van der Waals surface area contributed by atoms with E-state index >= 15 is 0 Å². The number of aromatic nitrogens is 4. The highest BCUT2D eigenvalue weighted by Gasteiger charge is 2.12. The molecule has 0 amide bonds. The summed E-state index contributed by atoms with van der Waals surface area (Å²) < 4.78 is 1.99. The van der Waals surface area contributed by atoms with E-state index in [-0.39, 0.29) is 5.56 Å². The summed E-state index contributed by atoms with van der Waals surface area (Å²) in [5, 5.41) is 0.894. The smallest absolute Gasteiger partial charge is 0.249 e. The van der Waals surface area contributed by atoms with Crippen LogP contribution in [0.25, 0.3) is 39.1 Å². The Morgan fingerprint density at radius 1 is 0.923 bits per heavy atom. The van der Waals surface area contributed by atoms with Gasteiger partial charge in [0.2, 0.25) is 5.56 Å². The Kier molecular flexibility index (Phi) is 3.18. The Hall–Kier alpha value is -3.73. The second-order valence-electron chi connectivity index (χ2n) is 6.12. The van der Waals surface area contributed by atoms with Crippen molar-refractivity contribution in [2.45, 2.75) is 0 Å². The molecule has 0 spiro atoms. The Balaban J connectivity index is 1.84. The minimum atomic E-state index is -0.156. The lowest BCUT2D eigenvalue weighted by Gasteiger charge is -2.11. The Morgan fingerprint density at radius 3 is 2.69 bits per heavy atom. The molecule has 4 aromatic heterocycles. The summed E-state index contributed by atoms with van der Waals surface area (Å²) in [6, 6.07) is 19.4. The predicted octanol–water partition coefficient (Wildman–Crippen LogP) is 3.90. The molecule has 0 fully saturated rings. The Labute approximate surface area is 148 Å². The lowest BCUT2D eigenvalue weighted by molar-refractivity contribution is 1.18. The number of hydrogen-bond donors (Lipinski definition) is 1. The number of imidazole rings is 1. The number of fused-ring (bicyclic) bond motifs is 2. The van der Waals surface area contributed by atoms with Crippen LogP contribution < -0.4 is 5.56 Å². The van der Waals surface area contributed by atoms with Gasteiger partial charge >= 0.3 is 0 Å². The van der Waals surface area contributed by atoms with Crippen LogP contribution >= 0.6 is 0 Å². The first-order chi connectivity index (χ1) is 12.8. The predicted molar refractivity (Wildman–Crippen MR) is 102 cm³/mol. The van der Waals surface area contributed by atoms with Crippen LogP contribution in [0, 0.1) is 0 Å².